The molecule has 0 spiro atoms. The average molecular weight is 196 g/mol. The summed E-state index contributed by atoms with van der Waals surface area (Å²) in [7, 11) is 1.61. The molecule has 0 atom stereocenters. The van der Waals surface area contributed by atoms with E-state index in [1.165, 1.54) is 0 Å². The number of hydrogen-bond acceptors (Lipinski definition) is 2. The molecule has 0 fully saturated rings. The largest absolute Gasteiger partial charge is 0.495 e. The van der Waals surface area contributed by atoms with E-state index >= 15 is 0 Å². The molecule has 0 radical (unpaired) electrons. The highest BCUT2D eigenvalue weighted by Gasteiger charge is 1.90. The summed E-state index contributed by atoms with van der Waals surface area (Å²) in [5, 5.41) is 0. The van der Waals surface area contributed by atoms with Crippen LogP contribution in [-0.2, 0) is 0 Å². The SMILES string of the molecule is COc1ccc(C#CCCCl)nc1. The fraction of sp³-hybridized carbons (Fsp3) is 0.300. The van der Waals surface area contributed by atoms with Crippen molar-refractivity contribution in [1.82, 2.24) is 4.98 Å². The van der Waals surface area contributed by atoms with Crippen molar-refractivity contribution in [2.24, 2.45) is 0 Å². The predicted octanol–water partition coefficient (Wildman–Crippen LogP) is 2.07. The highest BCUT2D eigenvalue weighted by atomic mass is 35.5. The Kier molecular flexibility index (Phi) is 4.14. The normalized spacial score (nSPS) is 8.77. The van der Waals surface area contributed by atoms with Crippen LogP contribution in [0.15, 0.2) is 18.3 Å². The van der Waals surface area contributed by atoms with Crippen LogP contribution in [-0.4, -0.2) is 18.0 Å². The van der Waals surface area contributed by atoms with Gasteiger partial charge >= 0.3 is 0 Å². The number of nitrogens with zero attached hydrogens (tertiary/aromatic N) is 1. The summed E-state index contributed by atoms with van der Waals surface area (Å²) in [5.74, 6) is 7.10. The van der Waals surface area contributed by atoms with E-state index in [9.17, 15) is 0 Å². The highest BCUT2D eigenvalue weighted by molar-refractivity contribution is 6.18. The first kappa shape index (κ1) is 9.88. The lowest BCUT2D eigenvalue weighted by Crippen LogP contribution is -1.86. The van der Waals surface area contributed by atoms with Crippen molar-refractivity contribution in [2.75, 3.05) is 13.0 Å². The van der Waals surface area contributed by atoms with E-state index in [0.29, 0.717) is 12.3 Å². The van der Waals surface area contributed by atoms with Gasteiger partial charge in [-0.1, -0.05) is 5.92 Å². The molecular formula is C10H10ClNO. The van der Waals surface area contributed by atoms with Crippen molar-refractivity contribution in [3.8, 4) is 17.6 Å². The Morgan fingerprint density at radius 1 is 1.54 bits per heavy atom. The molecule has 13 heavy (non-hydrogen) atoms. The zero-order valence-corrected chi connectivity index (χ0v) is 8.14. The Morgan fingerprint density at radius 3 is 2.92 bits per heavy atom. The first-order chi connectivity index (χ1) is 6.36. The topological polar surface area (TPSA) is 22.1 Å². The van der Waals surface area contributed by atoms with E-state index < -0.39 is 0 Å². The first-order valence-electron chi connectivity index (χ1n) is 3.91. The number of pyridine rings is 1. The molecule has 0 aliphatic heterocycles. The minimum atomic E-state index is 0.559. The zero-order valence-electron chi connectivity index (χ0n) is 7.38. The van der Waals surface area contributed by atoms with E-state index in [1.54, 1.807) is 13.3 Å². The second-order valence-electron chi connectivity index (χ2n) is 2.32. The Bertz CT molecular complexity index is 310. The lowest BCUT2D eigenvalue weighted by Gasteiger charge is -1.96. The van der Waals surface area contributed by atoms with Crippen LogP contribution >= 0.6 is 11.6 Å². The van der Waals surface area contributed by atoms with Crippen LogP contribution in [0, 0.1) is 11.8 Å². The van der Waals surface area contributed by atoms with Crippen LogP contribution in [0.5, 0.6) is 5.75 Å². The van der Waals surface area contributed by atoms with Gasteiger partial charge < -0.3 is 4.74 Å². The molecular weight excluding hydrogens is 186 g/mol. The molecule has 0 amide bonds. The second-order valence-corrected chi connectivity index (χ2v) is 2.70. The van der Waals surface area contributed by atoms with Gasteiger partial charge in [0.15, 0.2) is 0 Å². The standard InChI is InChI=1S/C10H10ClNO/c1-13-10-6-5-9(12-8-10)4-2-3-7-11/h5-6,8H,3,7H2,1H3. The summed E-state index contributed by atoms with van der Waals surface area (Å²) in [6, 6.07) is 3.65. The van der Waals surface area contributed by atoms with Crippen molar-refractivity contribution >= 4 is 11.6 Å². The molecule has 0 saturated carbocycles. The van der Waals surface area contributed by atoms with Gasteiger partial charge in [-0.15, -0.1) is 11.6 Å². The van der Waals surface area contributed by atoms with Gasteiger partial charge in [0.1, 0.15) is 11.4 Å². The maximum absolute atomic E-state index is 5.47. The lowest BCUT2D eigenvalue weighted by molar-refractivity contribution is 0.413. The molecule has 0 unspecified atom stereocenters. The maximum atomic E-state index is 5.47. The number of hydrogen-bond donors (Lipinski definition) is 0. The third-order valence-corrected chi connectivity index (χ3v) is 1.60. The van der Waals surface area contributed by atoms with Crippen LogP contribution in [0.1, 0.15) is 12.1 Å². The van der Waals surface area contributed by atoms with Crippen molar-refractivity contribution in [2.45, 2.75) is 6.42 Å². The van der Waals surface area contributed by atoms with Gasteiger partial charge in [0.25, 0.3) is 0 Å². The molecule has 1 rings (SSSR count). The molecule has 1 aromatic heterocycles. The number of aromatic nitrogens is 1. The molecule has 0 saturated heterocycles. The van der Waals surface area contributed by atoms with Gasteiger partial charge in [-0.3, -0.25) is 0 Å². The molecule has 0 N–H and O–H groups in total. The Balaban J connectivity index is 2.65. The Morgan fingerprint density at radius 2 is 2.38 bits per heavy atom. The fourth-order valence-corrected chi connectivity index (χ4v) is 0.870. The molecule has 0 aliphatic carbocycles. The quantitative estimate of drug-likeness (QED) is 0.533. The van der Waals surface area contributed by atoms with E-state index in [0.717, 1.165) is 11.4 Å². The minimum absolute atomic E-state index is 0.559. The number of ether oxygens (including phenoxy) is 1. The fourth-order valence-electron chi connectivity index (χ4n) is 0.775. The zero-order chi connectivity index (χ0) is 9.52. The lowest BCUT2D eigenvalue weighted by atomic mass is 10.3. The van der Waals surface area contributed by atoms with E-state index in [1.807, 2.05) is 12.1 Å². The third-order valence-electron chi connectivity index (χ3n) is 1.41. The third kappa shape index (κ3) is 3.35. The first-order valence-corrected chi connectivity index (χ1v) is 4.45. The van der Waals surface area contributed by atoms with Crippen LogP contribution in [0.3, 0.4) is 0 Å². The number of halogens is 1. The molecule has 1 heterocycles. The average Bonchev–Trinajstić information content (AvgIpc) is 2.19. The van der Waals surface area contributed by atoms with Crippen LogP contribution in [0.2, 0.25) is 0 Å². The summed E-state index contributed by atoms with van der Waals surface area (Å²) < 4.78 is 4.96. The molecule has 1 aromatic rings. The van der Waals surface area contributed by atoms with E-state index in [4.69, 9.17) is 16.3 Å². The molecule has 0 aromatic carbocycles. The second kappa shape index (κ2) is 5.45. The number of methoxy groups -OCH3 is 1. The summed E-state index contributed by atoms with van der Waals surface area (Å²) in [6.45, 7) is 0. The molecule has 68 valence electrons. The van der Waals surface area contributed by atoms with Crippen molar-refractivity contribution < 1.29 is 4.74 Å². The summed E-state index contributed by atoms with van der Waals surface area (Å²) in [5.41, 5.74) is 0.742. The molecule has 3 heteroatoms. The maximum Gasteiger partial charge on any atom is 0.137 e. The van der Waals surface area contributed by atoms with Gasteiger partial charge in [0.2, 0.25) is 0 Å². The van der Waals surface area contributed by atoms with Crippen molar-refractivity contribution in [1.29, 1.82) is 0 Å². The van der Waals surface area contributed by atoms with Crippen LogP contribution in [0.25, 0.3) is 0 Å². The van der Waals surface area contributed by atoms with E-state index in [2.05, 4.69) is 16.8 Å². The summed E-state index contributed by atoms with van der Waals surface area (Å²) in [4.78, 5) is 4.08. The highest BCUT2D eigenvalue weighted by Crippen LogP contribution is 2.06. The van der Waals surface area contributed by atoms with Gasteiger partial charge in [0, 0.05) is 12.3 Å². The Hall–Kier alpha value is -1.20. The Labute approximate surface area is 82.9 Å². The van der Waals surface area contributed by atoms with Crippen LogP contribution in [0.4, 0.5) is 0 Å². The van der Waals surface area contributed by atoms with Gasteiger partial charge in [0.05, 0.1) is 13.3 Å². The van der Waals surface area contributed by atoms with E-state index in [-0.39, 0.29) is 0 Å². The molecule has 0 aliphatic rings. The minimum Gasteiger partial charge on any atom is -0.495 e. The smallest absolute Gasteiger partial charge is 0.137 e. The van der Waals surface area contributed by atoms with Crippen molar-refractivity contribution in [3.63, 3.8) is 0 Å². The molecule has 0 bridgehead atoms. The van der Waals surface area contributed by atoms with Crippen molar-refractivity contribution in [3.05, 3.63) is 24.0 Å². The monoisotopic (exact) mass is 195 g/mol. The predicted molar refractivity (Wildman–Crippen MR) is 53.0 cm³/mol. The van der Waals surface area contributed by atoms with Gasteiger partial charge in [-0.2, -0.15) is 0 Å². The van der Waals surface area contributed by atoms with Crippen LogP contribution < -0.4 is 4.74 Å². The van der Waals surface area contributed by atoms with Gasteiger partial charge in [-0.25, -0.2) is 4.98 Å². The summed E-state index contributed by atoms with van der Waals surface area (Å²) in [6.07, 6.45) is 2.33. The number of rotatable bonds is 2. The summed E-state index contributed by atoms with van der Waals surface area (Å²) >= 11 is 5.47. The van der Waals surface area contributed by atoms with Gasteiger partial charge in [-0.05, 0) is 18.1 Å². The number of alkyl halides is 1. The molecule has 2 nitrogen and oxygen atoms in total.